The topological polar surface area (TPSA) is 17.1 Å². The number of rotatable bonds is 5. The molecular formula is C21H17Cl3F4O. The van der Waals surface area contributed by atoms with Gasteiger partial charge >= 0.3 is 6.18 Å². The lowest BCUT2D eigenvalue weighted by Gasteiger charge is -2.20. The summed E-state index contributed by atoms with van der Waals surface area (Å²) in [5, 5.41) is -0.218. The summed E-state index contributed by atoms with van der Waals surface area (Å²) < 4.78 is 55.4. The fourth-order valence-electron chi connectivity index (χ4n) is 2.84. The Morgan fingerprint density at radius 2 is 1.55 bits per heavy atom. The van der Waals surface area contributed by atoms with Crippen molar-refractivity contribution < 1.29 is 22.4 Å². The molecular weight excluding hydrogens is 451 g/mol. The SMILES string of the molecule is CC(=O)c1ccc(/C=C/C(c2cc(Cl)c(Cl)c(Cl)c2)C(F)(F)F)cc1C(C)(C)F. The zero-order chi connectivity index (χ0) is 22.1. The van der Waals surface area contributed by atoms with E-state index < -0.39 is 17.8 Å². The number of hydrogen-bond donors (Lipinski definition) is 0. The average molecular weight is 468 g/mol. The standard InChI is InChI=1S/C21H17Cl3F4O/c1-11(29)14-6-4-12(8-16(14)20(2,3)25)5-7-15(21(26,27)28)13-9-17(22)19(24)18(23)10-13/h4-10,15H,1-3H3/b7-5+. The molecule has 1 nitrogen and oxygen atoms in total. The van der Waals surface area contributed by atoms with Gasteiger partial charge in [0.15, 0.2) is 5.78 Å². The lowest BCUT2D eigenvalue weighted by molar-refractivity contribution is -0.139. The molecule has 0 saturated carbocycles. The number of alkyl halides is 4. The average Bonchev–Trinajstić information content (AvgIpc) is 2.57. The van der Waals surface area contributed by atoms with Crippen molar-refractivity contribution in [3.05, 3.63) is 73.7 Å². The van der Waals surface area contributed by atoms with Crippen molar-refractivity contribution in [2.75, 3.05) is 0 Å². The molecule has 0 radical (unpaired) electrons. The Labute approximate surface area is 181 Å². The number of carbonyl (C=O) groups is 1. The van der Waals surface area contributed by atoms with E-state index in [1.165, 1.54) is 45.0 Å². The molecule has 0 heterocycles. The van der Waals surface area contributed by atoms with Gasteiger partial charge in [0.25, 0.3) is 0 Å². The predicted octanol–water partition coefficient (Wildman–Crippen LogP) is 8.41. The number of benzene rings is 2. The molecule has 0 saturated heterocycles. The van der Waals surface area contributed by atoms with Crippen LogP contribution < -0.4 is 0 Å². The van der Waals surface area contributed by atoms with E-state index in [9.17, 15) is 22.4 Å². The fraction of sp³-hybridized carbons (Fsp3) is 0.286. The van der Waals surface area contributed by atoms with Crippen LogP contribution in [-0.4, -0.2) is 12.0 Å². The van der Waals surface area contributed by atoms with E-state index >= 15 is 0 Å². The van der Waals surface area contributed by atoms with Gasteiger partial charge in [-0.1, -0.05) is 59.1 Å². The van der Waals surface area contributed by atoms with E-state index in [1.807, 2.05) is 0 Å². The van der Waals surface area contributed by atoms with Crippen LogP contribution in [0.4, 0.5) is 17.6 Å². The first kappa shape index (κ1) is 23.7. The Kier molecular flexibility index (Phi) is 7.09. The summed E-state index contributed by atoms with van der Waals surface area (Å²) in [6, 6.07) is 6.43. The number of hydrogen-bond acceptors (Lipinski definition) is 1. The monoisotopic (exact) mass is 466 g/mol. The lowest BCUT2D eigenvalue weighted by atomic mass is 9.90. The van der Waals surface area contributed by atoms with Crippen molar-refractivity contribution in [3.8, 4) is 0 Å². The zero-order valence-electron chi connectivity index (χ0n) is 15.7. The highest BCUT2D eigenvalue weighted by molar-refractivity contribution is 6.48. The van der Waals surface area contributed by atoms with Crippen LogP contribution in [0.15, 0.2) is 36.4 Å². The second-order valence-corrected chi connectivity index (χ2v) is 8.20. The number of ketones is 1. The minimum absolute atomic E-state index is 0.0309. The van der Waals surface area contributed by atoms with Crippen molar-refractivity contribution in [1.29, 1.82) is 0 Å². The summed E-state index contributed by atoms with van der Waals surface area (Å²) in [6.45, 7) is 3.85. The molecule has 8 heteroatoms. The van der Waals surface area contributed by atoms with Crippen molar-refractivity contribution >= 4 is 46.7 Å². The molecule has 0 aliphatic heterocycles. The van der Waals surface area contributed by atoms with Gasteiger partial charge in [-0.3, -0.25) is 4.79 Å². The number of allylic oxidation sites excluding steroid dienone is 1. The van der Waals surface area contributed by atoms with E-state index in [1.54, 1.807) is 0 Å². The van der Waals surface area contributed by atoms with Crippen LogP contribution >= 0.6 is 34.8 Å². The van der Waals surface area contributed by atoms with Crippen molar-refractivity contribution in [2.45, 2.75) is 38.5 Å². The van der Waals surface area contributed by atoms with Gasteiger partial charge in [0, 0.05) is 5.56 Å². The third-order valence-corrected chi connectivity index (χ3v) is 5.46. The summed E-state index contributed by atoms with van der Waals surface area (Å²) >= 11 is 17.5. The molecule has 0 bridgehead atoms. The maximum Gasteiger partial charge on any atom is 0.399 e. The van der Waals surface area contributed by atoms with Gasteiger partial charge in [0.2, 0.25) is 0 Å². The molecule has 0 fully saturated rings. The Bertz CT molecular complexity index is 936. The van der Waals surface area contributed by atoms with Crippen LogP contribution in [0.3, 0.4) is 0 Å². The summed E-state index contributed by atoms with van der Waals surface area (Å²) in [5.74, 6) is -2.34. The summed E-state index contributed by atoms with van der Waals surface area (Å²) in [5.41, 5.74) is -1.42. The van der Waals surface area contributed by atoms with E-state index in [2.05, 4.69) is 0 Å². The first-order valence-electron chi connectivity index (χ1n) is 8.45. The number of halogens is 7. The molecule has 1 unspecified atom stereocenters. The number of carbonyl (C=O) groups excluding carboxylic acids is 1. The van der Waals surface area contributed by atoms with Crippen LogP contribution in [0.2, 0.25) is 15.1 Å². The molecule has 0 aliphatic carbocycles. The van der Waals surface area contributed by atoms with Gasteiger partial charge in [-0.15, -0.1) is 0 Å². The van der Waals surface area contributed by atoms with E-state index in [0.29, 0.717) is 5.56 Å². The van der Waals surface area contributed by atoms with Crippen LogP contribution in [0.25, 0.3) is 6.08 Å². The molecule has 1 atom stereocenters. The van der Waals surface area contributed by atoms with E-state index in [4.69, 9.17) is 34.8 Å². The summed E-state index contributed by atoms with van der Waals surface area (Å²) in [4.78, 5) is 11.7. The molecule has 2 aromatic rings. The lowest BCUT2D eigenvalue weighted by Crippen LogP contribution is -2.19. The van der Waals surface area contributed by atoms with Gasteiger partial charge in [-0.2, -0.15) is 13.2 Å². The summed E-state index contributed by atoms with van der Waals surface area (Å²) in [7, 11) is 0. The molecule has 156 valence electrons. The highest BCUT2D eigenvalue weighted by Crippen LogP contribution is 2.41. The maximum absolute atomic E-state index is 14.5. The molecule has 0 aliphatic rings. The molecule has 0 N–H and O–H groups in total. The summed E-state index contributed by atoms with van der Waals surface area (Å²) in [6.07, 6.45) is -2.49. The van der Waals surface area contributed by atoms with E-state index in [-0.39, 0.29) is 37.5 Å². The van der Waals surface area contributed by atoms with Gasteiger partial charge in [0.05, 0.1) is 21.0 Å². The zero-order valence-corrected chi connectivity index (χ0v) is 17.9. The van der Waals surface area contributed by atoms with Crippen LogP contribution in [-0.2, 0) is 5.67 Å². The van der Waals surface area contributed by atoms with Gasteiger partial charge < -0.3 is 0 Å². The molecule has 0 amide bonds. The van der Waals surface area contributed by atoms with Gasteiger partial charge in [-0.25, -0.2) is 4.39 Å². The second-order valence-electron chi connectivity index (χ2n) is 7.01. The third kappa shape index (κ3) is 5.74. The quantitative estimate of drug-likeness (QED) is 0.245. The Hall–Kier alpha value is -1.56. The molecule has 2 rings (SSSR count). The highest BCUT2D eigenvalue weighted by atomic mass is 35.5. The Morgan fingerprint density at radius 3 is 2.00 bits per heavy atom. The third-order valence-electron chi connectivity index (χ3n) is 4.26. The normalized spacial score (nSPS) is 13.7. The van der Waals surface area contributed by atoms with Crippen molar-refractivity contribution in [1.82, 2.24) is 0 Å². The highest BCUT2D eigenvalue weighted by Gasteiger charge is 2.39. The van der Waals surface area contributed by atoms with Crippen LogP contribution in [0.5, 0.6) is 0 Å². The maximum atomic E-state index is 14.5. The molecule has 2 aromatic carbocycles. The van der Waals surface area contributed by atoms with Crippen LogP contribution in [0, 0.1) is 0 Å². The van der Waals surface area contributed by atoms with Gasteiger partial charge in [-0.05, 0) is 55.7 Å². The smallest absolute Gasteiger partial charge is 0.294 e. The second kappa shape index (κ2) is 8.66. The molecule has 0 spiro atoms. The van der Waals surface area contributed by atoms with E-state index in [0.717, 1.165) is 18.2 Å². The Balaban J connectivity index is 2.52. The van der Waals surface area contributed by atoms with Crippen molar-refractivity contribution in [2.24, 2.45) is 0 Å². The van der Waals surface area contributed by atoms with Crippen LogP contribution in [0.1, 0.15) is 53.7 Å². The number of Topliss-reactive ketones (excluding diaryl/α,β-unsaturated/α-hetero) is 1. The minimum atomic E-state index is -4.63. The largest absolute Gasteiger partial charge is 0.399 e. The minimum Gasteiger partial charge on any atom is -0.294 e. The Morgan fingerprint density at radius 1 is 1.00 bits per heavy atom. The molecule has 29 heavy (non-hydrogen) atoms. The first-order valence-corrected chi connectivity index (χ1v) is 9.59. The first-order chi connectivity index (χ1) is 13.2. The molecule has 0 aromatic heterocycles. The van der Waals surface area contributed by atoms with Gasteiger partial charge in [0.1, 0.15) is 5.67 Å². The van der Waals surface area contributed by atoms with Crippen molar-refractivity contribution in [3.63, 3.8) is 0 Å². The fourth-order valence-corrected chi connectivity index (χ4v) is 3.45. The predicted molar refractivity (Wildman–Crippen MR) is 110 cm³/mol.